The van der Waals surface area contributed by atoms with Crippen LogP contribution in [0.2, 0.25) is 0 Å². The molecule has 0 spiro atoms. The summed E-state index contributed by atoms with van der Waals surface area (Å²) in [6.07, 6.45) is -0.309. The Morgan fingerprint density at radius 1 is 1.07 bits per heavy atom. The maximum absolute atomic E-state index is 10.9. The zero-order chi connectivity index (χ0) is 11.5. The average molecular weight is 220 g/mol. The van der Waals surface area contributed by atoms with Crippen LogP contribution in [0.3, 0.4) is 0 Å². The molecule has 0 fully saturated rings. The molecule has 0 aliphatic carbocycles. The number of hydrogen-bond acceptors (Lipinski definition) is 5. The van der Waals surface area contributed by atoms with Crippen molar-refractivity contribution in [3.8, 4) is 0 Å². The maximum Gasteiger partial charge on any atom is 0.306 e. The van der Waals surface area contributed by atoms with Crippen molar-refractivity contribution in [3.05, 3.63) is 0 Å². The van der Waals surface area contributed by atoms with Gasteiger partial charge in [-0.3, -0.25) is 9.59 Å². The van der Waals surface area contributed by atoms with E-state index in [-0.39, 0.29) is 19.4 Å². The predicted molar refractivity (Wildman–Crippen MR) is 50.5 cm³/mol. The molecule has 0 atom stereocenters. The minimum absolute atomic E-state index is 0.104. The van der Waals surface area contributed by atoms with Crippen LogP contribution in [0.25, 0.3) is 0 Å². The third-order valence-electron chi connectivity index (χ3n) is 1.47. The van der Waals surface area contributed by atoms with Crippen LogP contribution in [0.5, 0.6) is 0 Å². The highest BCUT2D eigenvalue weighted by Crippen LogP contribution is 1.92. The summed E-state index contributed by atoms with van der Waals surface area (Å²) in [5.41, 5.74) is 0. The summed E-state index contributed by atoms with van der Waals surface area (Å²) in [7, 11) is 1.56. The van der Waals surface area contributed by atoms with Gasteiger partial charge in [-0.15, -0.1) is 0 Å². The maximum atomic E-state index is 10.9. The van der Waals surface area contributed by atoms with E-state index in [1.54, 1.807) is 7.11 Å². The van der Waals surface area contributed by atoms with Gasteiger partial charge in [0.2, 0.25) is 0 Å². The second kappa shape index (κ2) is 9.42. The molecule has 0 bridgehead atoms. The molecule has 0 radical (unpaired) electrons. The van der Waals surface area contributed by atoms with Crippen LogP contribution in [-0.4, -0.2) is 50.6 Å². The summed E-state index contributed by atoms with van der Waals surface area (Å²) in [6.45, 7) is 1.38. The van der Waals surface area contributed by atoms with Gasteiger partial charge in [0.1, 0.15) is 6.61 Å². The molecule has 0 heterocycles. The normalized spacial score (nSPS) is 9.93. The summed E-state index contributed by atoms with van der Waals surface area (Å²) in [4.78, 5) is 21.0. The number of esters is 1. The van der Waals surface area contributed by atoms with Crippen molar-refractivity contribution in [3.63, 3.8) is 0 Å². The van der Waals surface area contributed by atoms with Gasteiger partial charge >= 0.3 is 11.9 Å². The van der Waals surface area contributed by atoms with Crippen molar-refractivity contribution in [2.24, 2.45) is 0 Å². The Kier molecular flexibility index (Phi) is 8.70. The van der Waals surface area contributed by atoms with E-state index in [9.17, 15) is 9.59 Å². The number of carbonyl (C=O) groups is 2. The summed E-state index contributed by atoms with van der Waals surface area (Å²) in [6, 6.07) is 0. The first kappa shape index (κ1) is 13.9. The van der Waals surface area contributed by atoms with Crippen molar-refractivity contribution in [1.29, 1.82) is 0 Å². The molecule has 0 unspecified atom stereocenters. The number of carboxylic acids is 1. The van der Waals surface area contributed by atoms with Crippen molar-refractivity contribution < 1.29 is 28.9 Å². The van der Waals surface area contributed by atoms with E-state index < -0.39 is 11.9 Å². The largest absolute Gasteiger partial charge is 0.481 e. The highest BCUT2D eigenvalue weighted by Gasteiger charge is 2.05. The van der Waals surface area contributed by atoms with Gasteiger partial charge in [-0.1, -0.05) is 0 Å². The fourth-order valence-electron chi connectivity index (χ4n) is 0.740. The first-order valence-electron chi connectivity index (χ1n) is 4.61. The van der Waals surface area contributed by atoms with Crippen LogP contribution in [0.1, 0.15) is 12.8 Å². The molecule has 15 heavy (non-hydrogen) atoms. The second-order valence-corrected chi connectivity index (χ2v) is 2.72. The van der Waals surface area contributed by atoms with Gasteiger partial charge in [-0.25, -0.2) is 0 Å². The quantitative estimate of drug-likeness (QED) is 0.437. The van der Waals surface area contributed by atoms with Gasteiger partial charge < -0.3 is 19.3 Å². The number of ether oxygens (including phenoxy) is 3. The Morgan fingerprint density at radius 2 is 1.73 bits per heavy atom. The second-order valence-electron chi connectivity index (χ2n) is 2.72. The fourth-order valence-corrected chi connectivity index (χ4v) is 0.740. The van der Waals surface area contributed by atoms with Crippen LogP contribution in [-0.2, 0) is 23.8 Å². The summed E-state index contributed by atoms with van der Waals surface area (Å²) in [5.74, 6) is -1.53. The van der Waals surface area contributed by atoms with Crippen LogP contribution in [0.4, 0.5) is 0 Å². The highest BCUT2D eigenvalue weighted by atomic mass is 16.6. The monoisotopic (exact) mass is 220 g/mol. The topological polar surface area (TPSA) is 82.1 Å². The summed E-state index contributed by atoms with van der Waals surface area (Å²) >= 11 is 0. The molecule has 1 N–H and O–H groups in total. The Hall–Kier alpha value is -1.14. The lowest BCUT2D eigenvalue weighted by molar-refractivity contribution is -0.148. The molecule has 6 nitrogen and oxygen atoms in total. The Labute approximate surface area is 88.1 Å². The molecule has 0 rings (SSSR count). The van der Waals surface area contributed by atoms with Gasteiger partial charge in [0.05, 0.1) is 32.7 Å². The first-order chi connectivity index (χ1) is 7.16. The number of aliphatic carboxylic acids is 1. The smallest absolute Gasteiger partial charge is 0.306 e. The summed E-state index contributed by atoms with van der Waals surface area (Å²) < 4.78 is 14.5. The van der Waals surface area contributed by atoms with E-state index >= 15 is 0 Å². The third kappa shape index (κ3) is 10.8. The van der Waals surface area contributed by atoms with Crippen LogP contribution >= 0.6 is 0 Å². The zero-order valence-corrected chi connectivity index (χ0v) is 8.73. The number of hydrogen-bond donors (Lipinski definition) is 1. The van der Waals surface area contributed by atoms with Crippen LogP contribution in [0, 0.1) is 0 Å². The lowest BCUT2D eigenvalue weighted by atomic mass is 10.3. The van der Waals surface area contributed by atoms with Crippen molar-refractivity contribution >= 4 is 11.9 Å². The van der Waals surface area contributed by atoms with Crippen LogP contribution < -0.4 is 0 Å². The molecule has 0 amide bonds. The Balaban J connectivity index is 3.20. The molecule has 0 aliphatic heterocycles. The van der Waals surface area contributed by atoms with Crippen molar-refractivity contribution in [2.75, 3.05) is 33.5 Å². The Bertz CT molecular complexity index is 191. The molecule has 0 saturated heterocycles. The average Bonchev–Trinajstić information content (AvgIpc) is 2.20. The number of carbonyl (C=O) groups excluding carboxylic acids is 1. The van der Waals surface area contributed by atoms with Crippen LogP contribution in [0.15, 0.2) is 0 Å². The third-order valence-corrected chi connectivity index (χ3v) is 1.47. The zero-order valence-electron chi connectivity index (χ0n) is 8.73. The van der Waals surface area contributed by atoms with E-state index in [0.29, 0.717) is 19.8 Å². The fraction of sp³-hybridized carbons (Fsp3) is 0.778. The van der Waals surface area contributed by atoms with E-state index in [2.05, 4.69) is 0 Å². The minimum atomic E-state index is -1.01. The lowest BCUT2D eigenvalue weighted by Gasteiger charge is -2.04. The Morgan fingerprint density at radius 3 is 2.33 bits per heavy atom. The molecule has 0 aliphatic rings. The van der Waals surface area contributed by atoms with Crippen molar-refractivity contribution in [2.45, 2.75) is 12.8 Å². The molecular formula is C9H16O6. The first-order valence-corrected chi connectivity index (χ1v) is 4.61. The molecular weight excluding hydrogens is 204 g/mol. The SMILES string of the molecule is COCCOCCOC(=O)CCC(=O)O. The number of rotatable bonds is 9. The van der Waals surface area contributed by atoms with E-state index in [1.807, 2.05) is 0 Å². The molecule has 0 aromatic rings. The number of methoxy groups -OCH3 is 1. The number of carboxylic acid groups (broad SMARTS) is 1. The summed E-state index contributed by atoms with van der Waals surface area (Å²) in [5, 5.41) is 8.28. The standard InChI is InChI=1S/C9H16O6/c1-13-4-5-14-6-7-15-9(12)3-2-8(10)11/h2-7H2,1H3,(H,10,11). The predicted octanol–water partition coefficient (Wildman–Crippen LogP) is 0.0574. The van der Waals surface area contributed by atoms with Gasteiger partial charge in [-0.05, 0) is 0 Å². The van der Waals surface area contributed by atoms with Crippen molar-refractivity contribution in [1.82, 2.24) is 0 Å². The van der Waals surface area contributed by atoms with E-state index in [4.69, 9.17) is 19.3 Å². The van der Waals surface area contributed by atoms with Gasteiger partial charge in [-0.2, -0.15) is 0 Å². The molecule has 6 heteroatoms. The van der Waals surface area contributed by atoms with Gasteiger partial charge in [0.15, 0.2) is 0 Å². The molecule has 0 aromatic carbocycles. The molecule has 88 valence electrons. The molecule has 0 saturated carbocycles. The van der Waals surface area contributed by atoms with E-state index in [1.165, 1.54) is 0 Å². The molecule has 0 aromatic heterocycles. The van der Waals surface area contributed by atoms with E-state index in [0.717, 1.165) is 0 Å². The lowest BCUT2D eigenvalue weighted by Crippen LogP contribution is -2.13. The van der Waals surface area contributed by atoms with Gasteiger partial charge in [0.25, 0.3) is 0 Å². The minimum Gasteiger partial charge on any atom is -0.481 e. The van der Waals surface area contributed by atoms with Gasteiger partial charge in [0, 0.05) is 7.11 Å². The highest BCUT2D eigenvalue weighted by molar-refractivity contribution is 5.76.